The van der Waals surface area contributed by atoms with Crippen molar-refractivity contribution in [2.45, 2.75) is 0 Å². The van der Waals surface area contributed by atoms with E-state index in [1.54, 1.807) is 0 Å². The van der Waals surface area contributed by atoms with Crippen LogP contribution in [0.3, 0.4) is 0 Å². The Balaban J connectivity index is 2.31. The van der Waals surface area contributed by atoms with Crippen molar-refractivity contribution in [1.82, 2.24) is 0 Å². The van der Waals surface area contributed by atoms with Crippen molar-refractivity contribution < 1.29 is 0 Å². The van der Waals surface area contributed by atoms with Gasteiger partial charge in [0.15, 0.2) is 0 Å². The first-order valence-electron chi connectivity index (χ1n) is 5.25. The summed E-state index contributed by atoms with van der Waals surface area (Å²) in [6.45, 7) is 0. The molecular formula is C14H10S4. The predicted molar refractivity (Wildman–Crippen MR) is 93.2 cm³/mol. The van der Waals surface area contributed by atoms with Crippen molar-refractivity contribution >= 4 is 58.1 Å². The van der Waals surface area contributed by atoms with Gasteiger partial charge >= 0.3 is 0 Å². The van der Waals surface area contributed by atoms with Gasteiger partial charge in [0.25, 0.3) is 0 Å². The number of hydrogen-bond donors (Lipinski definition) is 2. The molecule has 0 bridgehead atoms. The van der Waals surface area contributed by atoms with E-state index in [2.05, 4.69) is 25.3 Å². The van der Waals surface area contributed by atoms with Crippen LogP contribution in [0, 0.1) is 0 Å². The van der Waals surface area contributed by atoms with Crippen LogP contribution in [0.25, 0.3) is 11.1 Å². The summed E-state index contributed by atoms with van der Waals surface area (Å²) in [6, 6.07) is 16.0. The number of thiocarbonyl (C=S) groups is 2. The van der Waals surface area contributed by atoms with E-state index >= 15 is 0 Å². The van der Waals surface area contributed by atoms with Crippen LogP contribution < -0.4 is 0 Å². The minimum Gasteiger partial charge on any atom is -0.131 e. The Hall–Kier alpha value is -0.680. The molecule has 0 saturated heterocycles. The molecule has 0 spiro atoms. The molecule has 0 aliphatic heterocycles. The number of thiol groups is 2. The Bertz CT molecular complexity index is 527. The smallest absolute Gasteiger partial charge is 0.0747 e. The van der Waals surface area contributed by atoms with Gasteiger partial charge in [-0.1, -0.05) is 73.0 Å². The third kappa shape index (κ3) is 3.20. The van der Waals surface area contributed by atoms with E-state index < -0.39 is 0 Å². The van der Waals surface area contributed by atoms with E-state index in [9.17, 15) is 0 Å². The van der Waals surface area contributed by atoms with Gasteiger partial charge in [0.05, 0.1) is 8.39 Å². The minimum atomic E-state index is 0.609. The van der Waals surface area contributed by atoms with E-state index in [4.69, 9.17) is 24.4 Å². The Labute approximate surface area is 128 Å². The molecule has 0 fully saturated rings. The summed E-state index contributed by atoms with van der Waals surface area (Å²) in [5.74, 6) is 0. The maximum atomic E-state index is 5.01. The van der Waals surface area contributed by atoms with Gasteiger partial charge in [0.2, 0.25) is 0 Å². The standard InChI is InChI=1S/C14H10S4/c15-13(16)11-5-1-9(2-6-11)10-3-7-12(8-4-10)14(17)18/h1-8H,(H,15,16)(H,17,18). The number of hydrogen-bond acceptors (Lipinski definition) is 2. The van der Waals surface area contributed by atoms with Crippen molar-refractivity contribution in [3.05, 3.63) is 59.7 Å². The molecule has 0 nitrogen and oxygen atoms in total. The summed E-state index contributed by atoms with van der Waals surface area (Å²) in [6.07, 6.45) is 0. The second-order valence-electron chi connectivity index (χ2n) is 3.77. The van der Waals surface area contributed by atoms with E-state index in [1.165, 1.54) is 0 Å². The summed E-state index contributed by atoms with van der Waals surface area (Å²) in [5, 5.41) is 0. The summed E-state index contributed by atoms with van der Waals surface area (Å²) in [4.78, 5) is 0. The first-order valence-corrected chi connectivity index (χ1v) is 6.96. The van der Waals surface area contributed by atoms with Gasteiger partial charge in [-0.2, -0.15) is 0 Å². The number of rotatable bonds is 3. The van der Waals surface area contributed by atoms with Crippen LogP contribution in [-0.2, 0) is 0 Å². The number of benzene rings is 2. The summed E-state index contributed by atoms with van der Waals surface area (Å²) >= 11 is 18.3. The predicted octanol–water partition coefficient (Wildman–Crippen LogP) is 4.56. The van der Waals surface area contributed by atoms with E-state index in [1.807, 2.05) is 48.5 Å². The largest absolute Gasteiger partial charge is 0.131 e. The highest BCUT2D eigenvalue weighted by Gasteiger charge is 2.01. The third-order valence-corrected chi connectivity index (χ3v) is 3.58. The lowest BCUT2D eigenvalue weighted by Crippen LogP contribution is -1.88. The fourth-order valence-electron chi connectivity index (χ4n) is 1.61. The topological polar surface area (TPSA) is 0 Å². The van der Waals surface area contributed by atoms with Gasteiger partial charge in [-0.15, -0.1) is 25.3 Å². The summed E-state index contributed by atoms with van der Waals surface area (Å²) in [5.41, 5.74) is 4.20. The average Bonchev–Trinajstić information content (AvgIpc) is 2.39. The van der Waals surface area contributed by atoms with Crippen molar-refractivity contribution in [3.8, 4) is 11.1 Å². The second-order valence-corrected chi connectivity index (χ2v) is 6.08. The Morgan fingerprint density at radius 2 is 0.889 bits per heavy atom. The molecule has 0 heterocycles. The quantitative estimate of drug-likeness (QED) is 0.630. The highest BCUT2D eigenvalue weighted by Crippen LogP contribution is 2.21. The van der Waals surface area contributed by atoms with Crippen molar-refractivity contribution in [2.75, 3.05) is 0 Å². The van der Waals surface area contributed by atoms with Crippen LogP contribution in [0.15, 0.2) is 48.5 Å². The molecule has 2 rings (SSSR count). The van der Waals surface area contributed by atoms with Crippen LogP contribution in [0.4, 0.5) is 0 Å². The Kier molecular flexibility index (Phi) is 4.56. The molecule has 0 aromatic heterocycles. The van der Waals surface area contributed by atoms with Crippen molar-refractivity contribution in [3.63, 3.8) is 0 Å². The van der Waals surface area contributed by atoms with Gasteiger partial charge in [-0.05, 0) is 22.3 Å². The molecule has 0 radical (unpaired) electrons. The third-order valence-electron chi connectivity index (χ3n) is 2.60. The first-order chi connectivity index (χ1) is 8.58. The molecule has 2 aromatic carbocycles. The molecule has 0 unspecified atom stereocenters. The Morgan fingerprint density at radius 3 is 1.11 bits per heavy atom. The normalized spacial score (nSPS) is 10.1. The van der Waals surface area contributed by atoms with Gasteiger partial charge < -0.3 is 0 Å². The maximum absolute atomic E-state index is 5.01. The molecule has 0 saturated carbocycles. The van der Waals surface area contributed by atoms with E-state index in [0.29, 0.717) is 8.39 Å². The highest BCUT2D eigenvalue weighted by molar-refractivity contribution is 8.12. The average molecular weight is 307 g/mol. The fourth-order valence-corrected chi connectivity index (χ4v) is 2.18. The van der Waals surface area contributed by atoms with Crippen molar-refractivity contribution in [1.29, 1.82) is 0 Å². The van der Waals surface area contributed by atoms with Crippen LogP contribution in [0.1, 0.15) is 11.1 Å². The van der Waals surface area contributed by atoms with Crippen molar-refractivity contribution in [2.24, 2.45) is 0 Å². The molecule has 4 heteroatoms. The van der Waals surface area contributed by atoms with Crippen LogP contribution in [0.2, 0.25) is 0 Å². The highest BCUT2D eigenvalue weighted by atomic mass is 32.1. The lowest BCUT2D eigenvalue weighted by molar-refractivity contribution is 1.60. The summed E-state index contributed by atoms with van der Waals surface area (Å²) < 4.78 is 1.22. The van der Waals surface area contributed by atoms with Crippen LogP contribution in [-0.4, -0.2) is 8.39 Å². The monoisotopic (exact) mass is 306 g/mol. The van der Waals surface area contributed by atoms with Gasteiger partial charge in [0.1, 0.15) is 0 Å². The van der Waals surface area contributed by atoms with E-state index in [0.717, 1.165) is 22.3 Å². The molecule has 2 aromatic rings. The van der Waals surface area contributed by atoms with Gasteiger partial charge in [-0.25, -0.2) is 0 Å². The lowest BCUT2D eigenvalue weighted by Gasteiger charge is -2.04. The molecule has 18 heavy (non-hydrogen) atoms. The zero-order chi connectivity index (χ0) is 13.1. The molecule has 0 atom stereocenters. The minimum absolute atomic E-state index is 0.609. The molecule has 0 aliphatic carbocycles. The molecule has 0 amide bonds. The molecule has 0 N–H and O–H groups in total. The maximum Gasteiger partial charge on any atom is 0.0747 e. The SMILES string of the molecule is S=C(S)c1ccc(-c2ccc(C(=S)S)cc2)cc1. The summed E-state index contributed by atoms with van der Waals surface area (Å²) in [7, 11) is 0. The zero-order valence-electron chi connectivity index (χ0n) is 9.33. The molecule has 90 valence electrons. The first kappa shape index (κ1) is 13.7. The zero-order valence-corrected chi connectivity index (χ0v) is 12.8. The Morgan fingerprint density at radius 1 is 0.611 bits per heavy atom. The molecule has 0 aliphatic rings. The van der Waals surface area contributed by atoms with Gasteiger partial charge in [0, 0.05) is 0 Å². The molecular weight excluding hydrogens is 296 g/mol. The van der Waals surface area contributed by atoms with Gasteiger partial charge in [-0.3, -0.25) is 0 Å². The van der Waals surface area contributed by atoms with Crippen LogP contribution >= 0.6 is 49.7 Å². The van der Waals surface area contributed by atoms with E-state index in [-0.39, 0.29) is 0 Å². The fraction of sp³-hybridized carbons (Fsp3) is 0. The van der Waals surface area contributed by atoms with Crippen LogP contribution in [0.5, 0.6) is 0 Å². The second kappa shape index (κ2) is 5.97. The lowest BCUT2D eigenvalue weighted by atomic mass is 10.0.